The summed E-state index contributed by atoms with van der Waals surface area (Å²) in [6.07, 6.45) is 5.34. The third-order valence-corrected chi connectivity index (χ3v) is 4.03. The van der Waals surface area contributed by atoms with Crippen LogP contribution in [0, 0.1) is 0 Å². The van der Waals surface area contributed by atoms with Gasteiger partial charge >= 0.3 is 5.76 Å². The molecule has 0 saturated carbocycles. The van der Waals surface area contributed by atoms with Crippen LogP contribution in [0.4, 0.5) is 0 Å². The summed E-state index contributed by atoms with van der Waals surface area (Å²) in [6, 6.07) is 4.99. The largest absolute Gasteiger partial charge is 0.416 e. The molecule has 3 rings (SSSR count). The van der Waals surface area contributed by atoms with Crippen molar-refractivity contribution in [2.24, 2.45) is 0 Å². The SMILES string of the molecule is O=C(NC[C@H]1CCCCN1C(=O)c1coc(=O)[nH]1)c1ccccn1. The number of hydrogen-bond acceptors (Lipinski definition) is 5. The van der Waals surface area contributed by atoms with Crippen LogP contribution in [0.1, 0.15) is 40.2 Å². The van der Waals surface area contributed by atoms with Crippen LogP contribution < -0.4 is 11.1 Å². The second-order valence-corrected chi connectivity index (χ2v) is 5.63. The quantitative estimate of drug-likeness (QED) is 0.861. The van der Waals surface area contributed by atoms with Gasteiger partial charge in [0, 0.05) is 25.3 Å². The first-order valence-electron chi connectivity index (χ1n) is 7.83. The van der Waals surface area contributed by atoms with Crippen molar-refractivity contribution in [1.29, 1.82) is 0 Å². The van der Waals surface area contributed by atoms with Crippen molar-refractivity contribution in [2.75, 3.05) is 13.1 Å². The van der Waals surface area contributed by atoms with E-state index in [9.17, 15) is 14.4 Å². The fraction of sp³-hybridized carbons (Fsp3) is 0.375. The average molecular weight is 330 g/mol. The van der Waals surface area contributed by atoms with Crippen molar-refractivity contribution >= 4 is 11.8 Å². The highest BCUT2D eigenvalue weighted by atomic mass is 16.4. The first-order chi connectivity index (χ1) is 11.6. The van der Waals surface area contributed by atoms with Gasteiger partial charge in [-0.15, -0.1) is 0 Å². The summed E-state index contributed by atoms with van der Waals surface area (Å²) >= 11 is 0. The van der Waals surface area contributed by atoms with E-state index in [4.69, 9.17) is 0 Å². The van der Waals surface area contributed by atoms with Crippen molar-refractivity contribution in [3.05, 3.63) is 52.6 Å². The lowest BCUT2D eigenvalue weighted by Gasteiger charge is -2.35. The number of amides is 2. The number of oxazole rings is 1. The molecule has 24 heavy (non-hydrogen) atoms. The molecule has 8 heteroatoms. The Morgan fingerprint density at radius 3 is 2.96 bits per heavy atom. The number of hydrogen-bond donors (Lipinski definition) is 2. The number of aromatic amines is 1. The molecular formula is C16H18N4O4. The van der Waals surface area contributed by atoms with Gasteiger partial charge in [-0.1, -0.05) is 6.07 Å². The minimum Gasteiger partial charge on any atom is -0.416 e. The summed E-state index contributed by atoms with van der Waals surface area (Å²) in [4.78, 5) is 43.7. The normalized spacial score (nSPS) is 17.5. The molecule has 1 aliphatic rings. The van der Waals surface area contributed by atoms with E-state index in [1.54, 1.807) is 29.3 Å². The molecule has 1 atom stereocenters. The highest BCUT2D eigenvalue weighted by molar-refractivity contribution is 5.93. The lowest BCUT2D eigenvalue weighted by Crippen LogP contribution is -2.49. The minimum absolute atomic E-state index is 0.127. The lowest BCUT2D eigenvalue weighted by atomic mass is 10.0. The highest BCUT2D eigenvalue weighted by Crippen LogP contribution is 2.18. The maximum absolute atomic E-state index is 12.5. The number of piperidine rings is 1. The monoisotopic (exact) mass is 330 g/mol. The fourth-order valence-corrected chi connectivity index (χ4v) is 2.82. The van der Waals surface area contributed by atoms with E-state index in [2.05, 4.69) is 19.7 Å². The highest BCUT2D eigenvalue weighted by Gasteiger charge is 2.29. The first kappa shape index (κ1) is 16.0. The second-order valence-electron chi connectivity index (χ2n) is 5.63. The topological polar surface area (TPSA) is 108 Å². The number of H-pyrrole nitrogens is 1. The molecule has 0 aliphatic carbocycles. The Labute approximate surface area is 137 Å². The molecule has 0 bridgehead atoms. The molecule has 0 radical (unpaired) electrons. The van der Waals surface area contributed by atoms with Crippen LogP contribution in [0.15, 0.2) is 39.9 Å². The molecule has 1 fully saturated rings. The average Bonchev–Trinajstić information content (AvgIpc) is 3.06. The number of aromatic nitrogens is 2. The first-order valence-corrected chi connectivity index (χ1v) is 7.83. The van der Waals surface area contributed by atoms with E-state index in [-0.39, 0.29) is 23.6 Å². The molecule has 2 aromatic heterocycles. The van der Waals surface area contributed by atoms with Crippen molar-refractivity contribution in [3.8, 4) is 0 Å². The maximum atomic E-state index is 12.5. The van der Waals surface area contributed by atoms with Gasteiger partial charge in [-0.3, -0.25) is 19.6 Å². The number of likely N-dealkylation sites (tertiary alicyclic amines) is 1. The van der Waals surface area contributed by atoms with Gasteiger partial charge < -0.3 is 14.6 Å². The van der Waals surface area contributed by atoms with Crippen molar-refractivity contribution < 1.29 is 14.0 Å². The molecule has 8 nitrogen and oxygen atoms in total. The standard InChI is InChI=1S/C16H18N4O4/c21-14(12-6-1-3-7-17-12)18-9-11-5-2-4-8-20(11)15(22)13-10-24-16(23)19-13/h1,3,6-7,10-11H,2,4-5,8-9H2,(H,18,21)(H,19,23)/t11-/m1/s1. The number of carbonyl (C=O) groups excluding carboxylic acids is 2. The molecule has 0 spiro atoms. The van der Waals surface area contributed by atoms with E-state index < -0.39 is 5.76 Å². The smallest absolute Gasteiger partial charge is 0.416 e. The van der Waals surface area contributed by atoms with Crippen molar-refractivity contribution in [1.82, 2.24) is 20.2 Å². The molecule has 126 valence electrons. The molecule has 1 aliphatic heterocycles. The maximum Gasteiger partial charge on any atom is 0.416 e. The molecule has 0 unspecified atom stereocenters. The van der Waals surface area contributed by atoms with Crippen LogP contribution in [0.3, 0.4) is 0 Å². The van der Waals surface area contributed by atoms with E-state index >= 15 is 0 Å². The summed E-state index contributed by atoms with van der Waals surface area (Å²) in [6.45, 7) is 0.916. The molecule has 3 heterocycles. The van der Waals surface area contributed by atoms with Crippen molar-refractivity contribution in [3.63, 3.8) is 0 Å². The number of nitrogens with zero attached hydrogens (tertiary/aromatic N) is 2. The Balaban J connectivity index is 1.65. The Morgan fingerprint density at radius 2 is 2.25 bits per heavy atom. The fourth-order valence-electron chi connectivity index (χ4n) is 2.82. The molecule has 0 aromatic carbocycles. The Morgan fingerprint density at radius 1 is 1.38 bits per heavy atom. The van der Waals surface area contributed by atoms with Crippen LogP contribution in [-0.2, 0) is 0 Å². The van der Waals surface area contributed by atoms with Gasteiger partial charge in [0.25, 0.3) is 11.8 Å². The lowest BCUT2D eigenvalue weighted by molar-refractivity contribution is 0.0596. The minimum atomic E-state index is -0.657. The number of pyridine rings is 1. The molecule has 2 amide bonds. The van der Waals surface area contributed by atoms with E-state index in [1.807, 2.05) is 0 Å². The van der Waals surface area contributed by atoms with Crippen LogP contribution in [-0.4, -0.2) is 45.8 Å². The van der Waals surface area contributed by atoms with E-state index in [1.165, 1.54) is 0 Å². The van der Waals surface area contributed by atoms with Crippen LogP contribution in [0.2, 0.25) is 0 Å². The van der Waals surface area contributed by atoms with Gasteiger partial charge in [-0.05, 0) is 31.4 Å². The van der Waals surface area contributed by atoms with Crippen LogP contribution in [0.25, 0.3) is 0 Å². The summed E-state index contributed by atoms with van der Waals surface area (Å²) in [5.41, 5.74) is 0.466. The van der Waals surface area contributed by atoms with Gasteiger partial charge in [0.15, 0.2) is 0 Å². The van der Waals surface area contributed by atoms with Gasteiger partial charge in [-0.2, -0.15) is 0 Å². The van der Waals surface area contributed by atoms with Gasteiger partial charge in [0.05, 0.1) is 0 Å². The third kappa shape index (κ3) is 3.53. The second kappa shape index (κ2) is 7.12. The Kier molecular flexibility index (Phi) is 4.74. The summed E-state index contributed by atoms with van der Waals surface area (Å²) in [7, 11) is 0. The van der Waals surface area contributed by atoms with E-state index in [0.717, 1.165) is 25.5 Å². The number of rotatable bonds is 4. The zero-order chi connectivity index (χ0) is 16.9. The van der Waals surface area contributed by atoms with Gasteiger partial charge in [0.1, 0.15) is 17.7 Å². The number of carbonyl (C=O) groups is 2. The van der Waals surface area contributed by atoms with Gasteiger partial charge in [-0.25, -0.2) is 4.79 Å². The zero-order valence-corrected chi connectivity index (χ0v) is 13.0. The molecule has 2 aromatic rings. The Hall–Kier alpha value is -2.90. The zero-order valence-electron chi connectivity index (χ0n) is 13.0. The molecule has 2 N–H and O–H groups in total. The summed E-state index contributed by atoms with van der Waals surface area (Å²) in [5.74, 6) is -1.22. The molecular weight excluding hydrogens is 312 g/mol. The Bertz CT molecular complexity index is 768. The van der Waals surface area contributed by atoms with E-state index in [0.29, 0.717) is 18.8 Å². The summed E-state index contributed by atoms with van der Waals surface area (Å²) in [5, 5.41) is 2.82. The summed E-state index contributed by atoms with van der Waals surface area (Å²) < 4.78 is 4.63. The number of nitrogens with one attached hydrogen (secondary N) is 2. The van der Waals surface area contributed by atoms with Crippen LogP contribution in [0.5, 0.6) is 0 Å². The predicted molar refractivity (Wildman–Crippen MR) is 84.6 cm³/mol. The third-order valence-electron chi connectivity index (χ3n) is 4.03. The molecule has 1 saturated heterocycles. The predicted octanol–water partition coefficient (Wildman–Crippen LogP) is 0.788. The van der Waals surface area contributed by atoms with Crippen LogP contribution >= 0.6 is 0 Å². The van der Waals surface area contributed by atoms with Gasteiger partial charge in [0.2, 0.25) is 0 Å². The van der Waals surface area contributed by atoms with Crippen molar-refractivity contribution in [2.45, 2.75) is 25.3 Å².